The Hall–Kier alpha value is 0.190. The second kappa shape index (κ2) is 6.83. The molecule has 0 aromatic heterocycles. The summed E-state index contributed by atoms with van der Waals surface area (Å²) in [7, 11) is 0. The number of thioether (sulfide) groups is 1. The Balaban J connectivity index is 1.37. The van der Waals surface area contributed by atoms with Gasteiger partial charge in [-0.05, 0) is 38.4 Å². The lowest BCUT2D eigenvalue weighted by atomic mass is 9.51. The van der Waals surface area contributed by atoms with Crippen molar-refractivity contribution in [2.24, 2.45) is 5.41 Å². The number of nitrogens with zero attached hydrogens (tertiary/aromatic N) is 1. The summed E-state index contributed by atoms with van der Waals surface area (Å²) in [5.41, 5.74) is 0.851. The molecule has 0 aromatic rings. The maximum atomic E-state index is 6.01. The molecule has 0 bridgehead atoms. The second-order valence-corrected chi connectivity index (χ2v) is 8.93. The van der Waals surface area contributed by atoms with E-state index in [2.05, 4.69) is 28.9 Å². The van der Waals surface area contributed by atoms with Crippen LogP contribution in [0.2, 0.25) is 0 Å². The van der Waals surface area contributed by atoms with E-state index in [9.17, 15) is 0 Å². The first-order valence-electron chi connectivity index (χ1n) is 9.55. The summed E-state index contributed by atoms with van der Waals surface area (Å²) in [5.74, 6) is 2.60. The summed E-state index contributed by atoms with van der Waals surface area (Å²) < 4.78 is 11.6. The van der Waals surface area contributed by atoms with E-state index in [1.165, 1.54) is 43.6 Å². The average Bonchev–Trinajstić information content (AvgIpc) is 2.99. The van der Waals surface area contributed by atoms with Crippen molar-refractivity contribution >= 4 is 11.8 Å². The van der Waals surface area contributed by atoms with Crippen LogP contribution in [0.15, 0.2) is 0 Å². The third kappa shape index (κ3) is 2.86. The number of morpholine rings is 1. The quantitative estimate of drug-likeness (QED) is 0.801. The predicted molar refractivity (Wildman–Crippen MR) is 95.2 cm³/mol. The van der Waals surface area contributed by atoms with Crippen LogP contribution in [0.5, 0.6) is 0 Å². The van der Waals surface area contributed by atoms with E-state index in [1.54, 1.807) is 0 Å². The van der Waals surface area contributed by atoms with Crippen LogP contribution < -0.4 is 5.32 Å². The van der Waals surface area contributed by atoms with Gasteiger partial charge in [-0.3, -0.25) is 4.90 Å². The van der Waals surface area contributed by atoms with Gasteiger partial charge in [-0.15, -0.1) is 0 Å². The summed E-state index contributed by atoms with van der Waals surface area (Å²) in [6, 6.07) is 0.691. The highest BCUT2D eigenvalue weighted by molar-refractivity contribution is 7.99. The number of hydrogen-bond donors (Lipinski definition) is 1. The first-order valence-corrected chi connectivity index (χ1v) is 10.7. The average molecular weight is 341 g/mol. The van der Waals surface area contributed by atoms with Crippen molar-refractivity contribution in [1.29, 1.82) is 0 Å². The standard InChI is InChI=1S/C18H32N2O2S/c1-2-22-16-12-15(18(16)4-3-5-18)19-13-17(6-11-23-14-17)20-7-9-21-10-8-20/h15-16,19H,2-14H2,1H3/t15-,16+,17-/m0/s1. The van der Waals surface area contributed by atoms with Crippen LogP contribution in [0, 0.1) is 5.41 Å². The highest BCUT2D eigenvalue weighted by atomic mass is 32.2. The van der Waals surface area contributed by atoms with Gasteiger partial charge in [0.05, 0.1) is 19.3 Å². The number of hydrogen-bond acceptors (Lipinski definition) is 5. The third-order valence-electron chi connectivity index (χ3n) is 6.88. The molecule has 0 aromatic carbocycles. The van der Waals surface area contributed by atoms with E-state index in [0.717, 1.165) is 39.5 Å². The SMILES string of the molecule is CCO[C@@H]1C[C@H](NC[C@@]2(N3CCOCC3)CCSC2)C12CCC2. The Bertz CT molecular complexity index is 404. The normalized spacial score (nSPS) is 40.0. The van der Waals surface area contributed by atoms with Crippen molar-refractivity contribution in [3.8, 4) is 0 Å². The Labute approximate surface area is 145 Å². The van der Waals surface area contributed by atoms with Crippen LogP contribution in [-0.4, -0.2) is 73.5 Å². The molecule has 4 fully saturated rings. The van der Waals surface area contributed by atoms with Gasteiger partial charge in [0.2, 0.25) is 0 Å². The maximum absolute atomic E-state index is 6.01. The molecule has 4 nitrogen and oxygen atoms in total. The Morgan fingerprint density at radius 3 is 2.70 bits per heavy atom. The zero-order valence-electron chi connectivity index (χ0n) is 14.5. The van der Waals surface area contributed by atoms with Gasteiger partial charge in [0.1, 0.15) is 0 Å². The van der Waals surface area contributed by atoms with Crippen molar-refractivity contribution < 1.29 is 9.47 Å². The Morgan fingerprint density at radius 1 is 1.26 bits per heavy atom. The summed E-state index contributed by atoms with van der Waals surface area (Å²) in [6.07, 6.45) is 7.21. The van der Waals surface area contributed by atoms with Crippen molar-refractivity contribution in [2.45, 2.75) is 56.7 Å². The van der Waals surface area contributed by atoms with Gasteiger partial charge in [-0.25, -0.2) is 0 Å². The van der Waals surface area contributed by atoms with E-state index >= 15 is 0 Å². The van der Waals surface area contributed by atoms with Crippen molar-refractivity contribution in [3.05, 3.63) is 0 Å². The largest absolute Gasteiger partial charge is 0.379 e. The first-order chi connectivity index (χ1) is 11.3. The lowest BCUT2D eigenvalue weighted by molar-refractivity contribution is -0.174. The smallest absolute Gasteiger partial charge is 0.0661 e. The molecule has 1 N–H and O–H groups in total. The van der Waals surface area contributed by atoms with Crippen molar-refractivity contribution in [3.63, 3.8) is 0 Å². The van der Waals surface area contributed by atoms with Crippen LogP contribution >= 0.6 is 11.8 Å². The molecule has 132 valence electrons. The second-order valence-electron chi connectivity index (χ2n) is 7.83. The van der Waals surface area contributed by atoms with E-state index in [0.29, 0.717) is 23.1 Å². The fourth-order valence-electron chi connectivity index (χ4n) is 5.17. The molecule has 0 unspecified atom stereocenters. The molecule has 1 spiro atoms. The van der Waals surface area contributed by atoms with Gasteiger partial charge in [0.15, 0.2) is 0 Å². The minimum absolute atomic E-state index is 0.371. The number of ether oxygens (including phenoxy) is 2. The summed E-state index contributed by atoms with van der Waals surface area (Å²) in [6.45, 7) is 8.20. The summed E-state index contributed by atoms with van der Waals surface area (Å²) >= 11 is 2.13. The topological polar surface area (TPSA) is 33.7 Å². The zero-order chi connectivity index (χ0) is 15.8. The van der Waals surface area contributed by atoms with E-state index in [-0.39, 0.29) is 0 Å². The monoisotopic (exact) mass is 340 g/mol. The van der Waals surface area contributed by atoms with E-state index in [4.69, 9.17) is 9.47 Å². The predicted octanol–water partition coefficient (Wildman–Crippen LogP) is 2.13. The van der Waals surface area contributed by atoms with Gasteiger partial charge < -0.3 is 14.8 Å². The van der Waals surface area contributed by atoms with Crippen LogP contribution in [0.4, 0.5) is 0 Å². The van der Waals surface area contributed by atoms with Gasteiger partial charge >= 0.3 is 0 Å². The third-order valence-corrected chi connectivity index (χ3v) is 8.11. The first kappa shape index (κ1) is 16.6. The number of nitrogens with one attached hydrogen (secondary N) is 1. The van der Waals surface area contributed by atoms with E-state index < -0.39 is 0 Å². The Kier molecular flexibility index (Phi) is 4.94. The van der Waals surface area contributed by atoms with Crippen LogP contribution in [-0.2, 0) is 9.47 Å². The lowest BCUT2D eigenvalue weighted by Crippen LogP contribution is -2.69. The Morgan fingerprint density at radius 2 is 2.09 bits per heavy atom. The van der Waals surface area contributed by atoms with Crippen LogP contribution in [0.25, 0.3) is 0 Å². The minimum atomic E-state index is 0.371. The molecule has 4 rings (SSSR count). The minimum Gasteiger partial charge on any atom is -0.379 e. The fourth-order valence-corrected chi connectivity index (χ4v) is 6.65. The molecule has 0 radical (unpaired) electrons. The van der Waals surface area contributed by atoms with Gasteiger partial charge in [-0.1, -0.05) is 6.42 Å². The lowest BCUT2D eigenvalue weighted by Gasteiger charge is -2.62. The summed E-state index contributed by atoms with van der Waals surface area (Å²) in [5, 5.41) is 4.00. The maximum Gasteiger partial charge on any atom is 0.0661 e. The molecule has 0 amide bonds. The zero-order valence-corrected chi connectivity index (χ0v) is 15.3. The molecule has 2 aliphatic carbocycles. The molecule has 2 heterocycles. The van der Waals surface area contributed by atoms with Gasteiger partial charge in [0.25, 0.3) is 0 Å². The molecule has 3 atom stereocenters. The number of rotatable bonds is 6. The van der Waals surface area contributed by atoms with E-state index in [1.807, 2.05) is 0 Å². The molecule has 2 aliphatic heterocycles. The highest BCUT2D eigenvalue weighted by Gasteiger charge is 2.59. The molecule has 5 heteroatoms. The summed E-state index contributed by atoms with van der Waals surface area (Å²) in [4.78, 5) is 2.72. The van der Waals surface area contributed by atoms with Crippen molar-refractivity contribution in [2.75, 3.05) is 51.0 Å². The molecule has 4 aliphatic rings. The van der Waals surface area contributed by atoms with Crippen LogP contribution in [0.1, 0.15) is 39.0 Å². The van der Waals surface area contributed by atoms with Crippen LogP contribution in [0.3, 0.4) is 0 Å². The molecule has 23 heavy (non-hydrogen) atoms. The highest BCUT2D eigenvalue weighted by Crippen LogP contribution is 2.57. The molecule has 2 saturated heterocycles. The van der Waals surface area contributed by atoms with Crippen molar-refractivity contribution in [1.82, 2.24) is 10.2 Å². The van der Waals surface area contributed by atoms with Gasteiger partial charge in [-0.2, -0.15) is 11.8 Å². The molecular weight excluding hydrogens is 308 g/mol. The molecular formula is C18H32N2O2S. The fraction of sp³-hybridized carbons (Fsp3) is 1.00. The molecule has 2 saturated carbocycles. The van der Waals surface area contributed by atoms with Gasteiger partial charge in [0, 0.05) is 49.0 Å².